The summed E-state index contributed by atoms with van der Waals surface area (Å²) >= 11 is 0. The first kappa shape index (κ1) is 20.7. The van der Waals surface area contributed by atoms with Crippen LogP contribution in [-0.4, -0.2) is 33.0 Å². The number of carbonyl (C=O) groups is 1. The van der Waals surface area contributed by atoms with E-state index in [2.05, 4.69) is 0 Å². The highest BCUT2D eigenvalue weighted by molar-refractivity contribution is 7.89. The maximum atomic E-state index is 13.4. The lowest BCUT2D eigenvalue weighted by atomic mass is 10.1. The molecular formula is C22H22N2O4S. The zero-order valence-electron chi connectivity index (χ0n) is 16.2. The molecule has 0 bridgehead atoms. The molecule has 29 heavy (non-hydrogen) atoms. The van der Waals surface area contributed by atoms with E-state index < -0.39 is 10.0 Å². The largest absolute Gasteiger partial charge is 0.304 e. The number of hydrogen-bond donors (Lipinski definition) is 0. The minimum atomic E-state index is -3.85. The summed E-state index contributed by atoms with van der Waals surface area (Å²) in [5, 5.41) is 0. The van der Waals surface area contributed by atoms with E-state index in [4.69, 9.17) is 4.84 Å². The molecule has 0 fully saturated rings. The molecule has 3 aromatic rings. The van der Waals surface area contributed by atoms with Gasteiger partial charge in [-0.3, -0.25) is 9.63 Å². The van der Waals surface area contributed by atoms with E-state index in [1.807, 2.05) is 60.7 Å². The summed E-state index contributed by atoms with van der Waals surface area (Å²) in [4.78, 5) is 19.8. The monoisotopic (exact) mass is 410 g/mol. The Morgan fingerprint density at radius 3 is 2.14 bits per heavy atom. The van der Waals surface area contributed by atoms with Gasteiger partial charge in [0.2, 0.25) is 0 Å². The molecular weight excluding hydrogens is 388 g/mol. The van der Waals surface area contributed by atoms with E-state index in [1.54, 1.807) is 17.0 Å². The van der Waals surface area contributed by atoms with Crippen molar-refractivity contribution in [3.05, 3.63) is 96.1 Å². The predicted octanol–water partition coefficient (Wildman–Crippen LogP) is 3.72. The van der Waals surface area contributed by atoms with Crippen LogP contribution in [0, 0.1) is 0 Å². The molecule has 6 nitrogen and oxygen atoms in total. The fraction of sp³-hybridized carbons (Fsp3) is 0.136. The van der Waals surface area contributed by atoms with Gasteiger partial charge in [-0.25, -0.2) is 8.42 Å². The van der Waals surface area contributed by atoms with Crippen molar-refractivity contribution in [2.45, 2.75) is 11.4 Å². The number of nitrogens with zero attached hydrogens (tertiary/aromatic N) is 2. The summed E-state index contributed by atoms with van der Waals surface area (Å²) in [5.41, 5.74) is 1.96. The number of benzene rings is 3. The number of sulfonamides is 1. The quantitative estimate of drug-likeness (QED) is 0.557. The normalized spacial score (nSPS) is 11.4. The number of hydrogen-bond acceptors (Lipinski definition) is 4. The van der Waals surface area contributed by atoms with Gasteiger partial charge in [0.15, 0.2) is 0 Å². The first-order valence-electron chi connectivity index (χ1n) is 8.97. The van der Waals surface area contributed by atoms with Gasteiger partial charge in [0.1, 0.15) is 0 Å². The first-order chi connectivity index (χ1) is 13.9. The van der Waals surface area contributed by atoms with Crippen molar-refractivity contribution in [3.8, 4) is 0 Å². The van der Waals surface area contributed by atoms with Gasteiger partial charge >= 0.3 is 0 Å². The Balaban J connectivity index is 1.99. The molecule has 0 saturated carbocycles. The molecule has 150 valence electrons. The lowest BCUT2D eigenvalue weighted by Crippen LogP contribution is -2.31. The molecule has 0 aliphatic rings. The summed E-state index contributed by atoms with van der Waals surface area (Å²) in [5.74, 6) is -0.294. The van der Waals surface area contributed by atoms with E-state index in [9.17, 15) is 13.2 Å². The topological polar surface area (TPSA) is 66.9 Å². The lowest BCUT2D eigenvalue weighted by Gasteiger charge is -2.23. The summed E-state index contributed by atoms with van der Waals surface area (Å²) < 4.78 is 25.8. The molecule has 7 heteroatoms. The molecule has 0 aliphatic heterocycles. The Morgan fingerprint density at radius 2 is 1.52 bits per heavy atom. The average molecular weight is 410 g/mol. The van der Waals surface area contributed by atoms with Crippen LogP contribution in [0.4, 0.5) is 5.69 Å². The van der Waals surface area contributed by atoms with Gasteiger partial charge in [0.05, 0.1) is 18.6 Å². The molecule has 0 spiro atoms. The fourth-order valence-corrected chi connectivity index (χ4v) is 3.87. The van der Waals surface area contributed by atoms with E-state index in [-0.39, 0.29) is 16.4 Å². The van der Waals surface area contributed by atoms with Gasteiger partial charge in [-0.15, -0.1) is 0 Å². The van der Waals surface area contributed by atoms with E-state index in [0.717, 1.165) is 15.7 Å². The number of anilines is 1. The highest BCUT2D eigenvalue weighted by Gasteiger charge is 2.24. The Bertz CT molecular complexity index is 1070. The minimum absolute atomic E-state index is 0.0135. The van der Waals surface area contributed by atoms with Gasteiger partial charge in [-0.2, -0.15) is 0 Å². The molecule has 0 saturated heterocycles. The van der Waals surface area contributed by atoms with Crippen molar-refractivity contribution in [2.24, 2.45) is 0 Å². The first-order valence-corrected chi connectivity index (χ1v) is 10.4. The second-order valence-corrected chi connectivity index (χ2v) is 8.27. The van der Waals surface area contributed by atoms with Crippen molar-refractivity contribution in [2.75, 3.05) is 19.1 Å². The van der Waals surface area contributed by atoms with E-state index in [0.29, 0.717) is 6.54 Å². The molecule has 0 N–H and O–H groups in total. The van der Waals surface area contributed by atoms with Gasteiger partial charge < -0.3 is 4.90 Å². The molecule has 0 unspecified atom stereocenters. The Hall–Kier alpha value is -3.00. The third kappa shape index (κ3) is 4.71. The summed E-state index contributed by atoms with van der Waals surface area (Å²) in [6, 6.07) is 24.9. The fourth-order valence-electron chi connectivity index (χ4n) is 2.85. The minimum Gasteiger partial charge on any atom is -0.304 e. The molecule has 3 rings (SSSR count). The van der Waals surface area contributed by atoms with Crippen LogP contribution < -0.4 is 4.90 Å². The standard InChI is InChI=1S/C22H22N2O4S/c1-23(28-2)29(26,27)21-15-9-12-19(16-21)22(25)24(20-13-7-4-8-14-20)17-18-10-5-3-6-11-18/h3-16H,17H2,1-2H3. The van der Waals surface area contributed by atoms with Crippen LogP contribution >= 0.6 is 0 Å². The predicted molar refractivity (Wildman–Crippen MR) is 112 cm³/mol. The second-order valence-electron chi connectivity index (χ2n) is 6.34. The number of rotatable bonds is 7. The zero-order chi connectivity index (χ0) is 20.9. The summed E-state index contributed by atoms with van der Waals surface area (Å²) in [7, 11) is -1.29. The lowest BCUT2D eigenvalue weighted by molar-refractivity contribution is -0.0258. The Kier molecular flexibility index (Phi) is 6.43. The van der Waals surface area contributed by atoms with Crippen LogP contribution in [-0.2, 0) is 21.4 Å². The number of para-hydroxylation sites is 1. The maximum absolute atomic E-state index is 13.4. The molecule has 0 radical (unpaired) electrons. The second kappa shape index (κ2) is 9.00. The molecule has 0 heterocycles. The highest BCUT2D eigenvalue weighted by atomic mass is 32.2. The molecule has 0 aliphatic carbocycles. The van der Waals surface area contributed by atoms with Crippen LogP contribution in [0.5, 0.6) is 0 Å². The summed E-state index contributed by atoms with van der Waals surface area (Å²) in [6.07, 6.45) is 0. The number of hydroxylamine groups is 1. The maximum Gasteiger partial charge on any atom is 0.264 e. The van der Waals surface area contributed by atoms with Crippen molar-refractivity contribution >= 4 is 21.6 Å². The van der Waals surface area contributed by atoms with Gasteiger partial charge in [-0.05, 0) is 35.9 Å². The van der Waals surface area contributed by atoms with Gasteiger partial charge in [-0.1, -0.05) is 59.1 Å². The van der Waals surface area contributed by atoms with Crippen molar-refractivity contribution < 1.29 is 18.0 Å². The number of amides is 1. The number of carbonyl (C=O) groups excluding carboxylic acids is 1. The Labute approximate surface area is 171 Å². The van der Waals surface area contributed by atoms with Gasteiger partial charge in [0, 0.05) is 18.3 Å². The van der Waals surface area contributed by atoms with Crippen molar-refractivity contribution in [3.63, 3.8) is 0 Å². The molecule has 0 atom stereocenters. The van der Waals surface area contributed by atoms with Crippen LogP contribution in [0.1, 0.15) is 15.9 Å². The van der Waals surface area contributed by atoms with Crippen molar-refractivity contribution in [1.82, 2.24) is 4.47 Å². The SMILES string of the molecule is CON(C)S(=O)(=O)c1cccc(C(=O)N(Cc2ccccc2)c2ccccc2)c1. The smallest absolute Gasteiger partial charge is 0.264 e. The van der Waals surface area contributed by atoms with Gasteiger partial charge in [0.25, 0.3) is 15.9 Å². The van der Waals surface area contributed by atoms with Crippen LogP contribution in [0.25, 0.3) is 0 Å². The van der Waals surface area contributed by atoms with E-state index >= 15 is 0 Å². The molecule has 1 amide bonds. The highest BCUT2D eigenvalue weighted by Crippen LogP contribution is 2.22. The van der Waals surface area contributed by atoms with Crippen LogP contribution in [0.15, 0.2) is 89.8 Å². The third-order valence-electron chi connectivity index (χ3n) is 4.47. The van der Waals surface area contributed by atoms with E-state index in [1.165, 1.54) is 26.3 Å². The van der Waals surface area contributed by atoms with Crippen molar-refractivity contribution in [1.29, 1.82) is 0 Å². The average Bonchev–Trinajstić information content (AvgIpc) is 2.77. The van der Waals surface area contributed by atoms with Crippen LogP contribution in [0.3, 0.4) is 0 Å². The zero-order valence-corrected chi connectivity index (χ0v) is 17.0. The summed E-state index contributed by atoms with van der Waals surface area (Å²) in [6.45, 7) is 0.360. The third-order valence-corrected chi connectivity index (χ3v) is 6.15. The Morgan fingerprint density at radius 1 is 0.897 bits per heavy atom. The van der Waals surface area contributed by atoms with Crippen LogP contribution in [0.2, 0.25) is 0 Å². The molecule has 0 aromatic heterocycles. The molecule has 3 aromatic carbocycles.